The van der Waals surface area contributed by atoms with E-state index in [1.807, 2.05) is 27.7 Å². The Hall–Kier alpha value is -1.07. The van der Waals surface area contributed by atoms with Crippen molar-refractivity contribution < 1.29 is 17.6 Å². The van der Waals surface area contributed by atoms with Crippen LogP contribution in [-0.4, -0.2) is 9.78 Å². The fraction of sp³-hybridized carbons (Fsp3) is 0.786. The number of rotatable bonds is 1. The molecule has 1 aromatic heterocycles. The number of nitrogens with zero attached hydrogens (tertiary/aromatic N) is 2. The van der Waals surface area contributed by atoms with E-state index < -0.39 is 29.4 Å². The van der Waals surface area contributed by atoms with Crippen molar-refractivity contribution in [2.75, 3.05) is 0 Å². The van der Waals surface area contributed by atoms with Gasteiger partial charge in [-0.1, -0.05) is 27.7 Å². The van der Waals surface area contributed by atoms with Crippen LogP contribution in [0.3, 0.4) is 0 Å². The molecule has 0 N–H and O–H groups in total. The third kappa shape index (κ3) is 2.33. The Morgan fingerprint density at radius 1 is 1.20 bits per heavy atom. The summed E-state index contributed by atoms with van der Waals surface area (Å²) in [4.78, 5) is 0. The van der Waals surface area contributed by atoms with E-state index in [0.29, 0.717) is 13.3 Å². The van der Waals surface area contributed by atoms with Crippen molar-refractivity contribution in [1.82, 2.24) is 9.78 Å². The SMILES string of the molecule is CC.CC.Cn1nc(C(C)(F)F)c2c1C(F)(F)C1C[C@H]21. The van der Waals surface area contributed by atoms with Gasteiger partial charge in [0, 0.05) is 25.5 Å². The molecule has 0 bridgehead atoms. The molecule has 1 aromatic rings. The number of halogens is 4. The average Bonchev–Trinajstić information content (AvgIpc) is 3.05. The maximum atomic E-state index is 13.7. The Morgan fingerprint density at radius 3 is 2.15 bits per heavy atom. The zero-order valence-electron chi connectivity index (χ0n) is 12.8. The summed E-state index contributed by atoms with van der Waals surface area (Å²) >= 11 is 0. The zero-order chi connectivity index (χ0) is 15.9. The minimum Gasteiger partial charge on any atom is -0.266 e. The molecule has 0 spiro atoms. The van der Waals surface area contributed by atoms with Crippen LogP contribution in [0.15, 0.2) is 0 Å². The molecule has 0 saturated heterocycles. The lowest BCUT2D eigenvalue weighted by Gasteiger charge is -2.12. The van der Waals surface area contributed by atoms with Crippen LogP contribution in [0.5, 0.6) is 0 Å². The van der Waals surface area contributed by atoms with Crippen molar-refractivity contribution in [3.63, 3.8) is 0 Å². The third-order valence-corrected chi connectivity index (χ3v) is 3.44. The van der Waals surface area contributed by atoms with Gasteiger partial charge in [-0.3, -0.25) is 4.68 Å². The van der Waals surface area contributed by atoms with Crippen LogP contribution in [0.4, 0.5) is 17.6 Å². The molecule has 1 saturated carbocycles. The number of aromatic nitrogens is 2. The fourth-order valence-corrected chi connectivity index (χ4v) is 2.70. The summed E-state index contributed by atoms with van der Waals surface area (Å²) in [5.74, 6) is -7.35. The summed E-state index contributed by atoms with van der Waals surface area (Å²) < 4.78 is 54.9. The number of hydrogen-bond donors (Lipinski definition) is 0. The predicted octanol–water partition coefficient (Wildman–Crippen LogP) is 4.79. The maximum Gasteiger partial charge on any atom is 0.293 e. The lowest BCUT2D eigenvalue weighted by molar-refractivity contribution is -0.0303. The van der Waals surface area contributed by atoms with E-state index in [1.54, 1.807) is 0 Å². The second-order valence-corrected chi connectivity index (χ2v) is 4.69. The minimum absolute atomic E-state index is 0.0880. The molecule has 6 heteroatoms. The van der Waals surface area contributed by atoms with Gasteiger partial charge in [0.05, 0.1) is 0 Å². The second-order valence-electron chi connectivity index (χ2n) is 4.69. The third-order valence-electron chi connectivity index (χ3n) is 3.44. The van der Waals surface area contributed by atoms with Gasteiger partial charge in [-0.2, -0.15) is 22.7 Å². The van der Waals surface area contributed by atoms with Crippen molar-refractivity contribution in [1.29, 1.82) is 0 Å². The number of fused-ring (bicyclic) bond motifs is 3. The highest BCUT2D eigenvalue weighted by molar-refractivity contribution is 5.46. The first-order chi connectivity index (χ1) is 9.24. The van der Waals surface area contributed by atoms with E-state index in [2.05, 4.69) is 5.10 Å². The largest absolute Gasteiger partial charge is 0.293 e. The summed E-state index contributed by atoms with van der Waals surface area (Å²) in [6.07, 6.45) is 0.300. The fourth-order valence-electron chi connectivity index (χ4n) is 2.70. The number of hydrogen-bond acceptors (Lipinski definition) is 1. The monoisotopic (exact) mass is 294 g/mol. The van der Waals surface area contributed by atoms with Crippen LogP contribution in [-0.2, 0) is 18.9 Å². The second kappa shape index (κ2) is 5.37. The standard InChI is InChI=1S/C10H10F4N2.2C2H6/c1-9(11,12)7-6-4-3-5(4)10(13,14)8(6)16(2)15-7;2*1-2/h4-5H,3H2,1-2H3;2*1-2H3/t4-,5?;;/m0../s1. The topological polar surface area (TPSA) is 17.8 Å². The lowest BCUT2D eigenvalue weighted by atomic mass is 10.1. The molecular formula is C14H22F4N2. The number of alkyl halides is 4. The smallest absolute Gasteiger partial charge is 0.266 e. The molecule has 1 unspecified atom stereocenters. The highest BCUT2D eigenvalue weighted by atomic mass is 19.3. The van der Waals surface area contributed by atoms with Gasteiger partial charge in [0.1, 0.15) is 11.4 Å². The van der Waals surface area contributed by atoms with Crippen LogP contribution in [0.1, 0.15) is 63.9 Å². The average molecular weight is 294 g/mol. The molecule has 116 valence electrons. The Kier molecular flexibility index (Phi) is 4.56. The molecule has 3 rings (SSSR count). The summed E-state index contributed by atoms with van der Waals surface area (Å²) in [6, 6.07) is 0. The van der Waals surface area contributed by atoms with Crippen LogP contribution >= 0.6 is 0 Å². The van der Waals surface area contributed by atoms with Gasteiger partial charge in [-0.25, -0.2) is 0 Å². The van der Waals surface area contributed by atoms with Crippen LogP contribution in [0, 0.1) is 5.92 Å². The van der Waals surface area contributed by atoms with Crippen LogP contribution in [0.2, 0.25) is 0 Å². The van der Waals surface area contributed by atoms with E-state index in [1.165, 1.54) is 7.05 Å². The molecule has 2 aliphatic rings. The van der Waals surface area contributed by atoms with Crippen molar-refractivity contribution in [3.05, 3.63) is 17.0 Å². The summed E-state index contributed by atoms with van der Waals surface area (Å²) in [7, 11) is 1.30. The normalized spacial score (nSPS) is 24.7. The molecule has 2 nitrogen and oxygen atoms in total. The molecule has 0 amide bonds. The number of aryl methyl sites for hydroxylation is 1. The predicted molar refractivity (Wildman–Crippen MR) is 70.2 cm³/mol. The van der Waals surface area contributed by atoms with Crippen LogP contribution < -0.4 is 0 Å². The molecule has 1 fully saturated rings. The highest BCUT2D eigenvalue weighted by Crippen LogP contribution is 2.68. The molecule has 2 aliphatic carbocycles. The summed E-state index contributed by atoms with van der Waals surface area (Å²) in [6.45, 7) is 8.70. The lowest BCUT2D eigenvalue weighted by Crippen LogP contribution is -2.18. The first kappa shape index (κ1) is 17.0. The van der Waals surface area contributed by atoms with Crippen molar-refractivity contribution in [2.45, 2.75) is 58.8 Å². The Morgan fingerprint density at radius 2 is 1.70 bits per heavy atom. The van der Waals surface area contributed by atoms with Crippen molar-refractivity contribution in [2.24, 2.45) is 13.0 Å². The van der Waals surface area contributed by atoms with E-state index in [0.717, 1.165) is 4.68 Å². The molecule has 20 heavy (non-hydrogen) atoms. The minimum atomic E-state index is -3.15. The first-order valence-corrected chi connectivity index (χ1v) is 7.08. The summed E-state index contributed by atoms with van der Waals surface area (Å²) in [5, 5.41) is 3.56. The molecule has 0 aromatic carbocycles. The van der Waals surface area contributed by atoms with Gasteiger partial charge in [0.25, 0.3) is 11.8 Å². The van der Waals surface area contributed by atoms with E-state index in [-0.39, 0.29) is 11.3 Å². The molecule has 0 aliphatic heterocycles. The molecular weight excluding hydrogens is 272 g/mol. The van der Waals surface area contributed by atoms with Gasteiger partial charge in [-0.15, -0.1) is 0 Å². The highest BCUT2D eigenvalue weighted by Gasteiger charge is 2.67. The van der Waals surface area contributed by atoms with Crippen LogP contribution in [0.25, 0.3) is 0 Å². The quantitative estimate of drug-likeness (QED) is 0.681. The Labute approximate surface area is 117 Å². The van der Waals surface area contributed by atoms with Gasteiger partial charge in [0.2, 0.25) is 0 Å². The van der Waals surface area contributed by atoms with Crippen molar-refractivity contribution in [3.8, 4) is 0 Å². The Bertz CT molecular complexity index is 474. The molecule has 0 radical (unpaired) electrons. The maximum absolute atomic E-state index is 13.7. The van der Waals surface area contributed by atoms with E-state index in [9.17, 15) is 17.6 Å². The van der Waals surface area contributed by atoms with E-state index >= 15 is 0 Å². The zero-order valence-corrected chi connectivity index (χ0v) is 12.8. The van der Waals surface area contributed by atoms with Gasteiger partial charge >= 0.3 is 0 Å². The van der Waals surface area contributed by atoms with Gasteiger partial charge < -0.3 is 0 Å². The molecule has 2 atom stereocenters. The van der Waals surface area contributed by atoms with Gasteiger partial charge in [0.15, 0.2) is 0 Å². The first-order valence-electron chi connectivity index (χ1n) is 7.08. The van der Waals surface area contributed by atoms with Crippen molar-refractivity contribution >= 4 is 0 Å². The molecule has 1 heterocycles. The van der Waals surface area contributed by atoms with Gasteiger partial charge in [-0.05, 0) is 12.3 Å². The Balaban J connectivity index is 0.000000461. The summed E-state index contributed by atoms with van der Waals surface area (Å²) in [5.41, 5.74) is -0.704. The van der Waals surface area contributed by atoms with E-state index in [4.69, 9.17) is 0 Å².